The first-order chi connectivity index (χ1) is 9.79. The first-order valence-corrected chi connectivity index (χ1v) is 7.19. The molecule has 0 radical (unpaired) electrons. The molecule has 1 aliphatic heterocycles. The van der Waals surface area contributed by atoms with Gasteiger partial charge in [0.2, 0.25) is 0 Å². The van der Waals surface area contributed by atoms with Gasteiger partial charge in [-0.05, 0) is 16.3 Å². The maximum atomic E-state index is 12.2. The van der Waals surface area contributed by atoms with Crippen molar-refractivity contribution in [1.82, 2.24) is 0 Å². The average molecular weight is 270 g/mol. The van der Waals surface area contributed by atoms with Gasteiger partial charge in [-0.3, -0.25) is 4.79 Å². The van der Waals surface area contributed by atoms with Crippen LogP contribution in [0.4, 0.5) is 0 Å². The van der Waals surface area contributed by atoms with Crippen molar-refractivity contribution in [3.05, 3.63) is 48.0 Å². The number of methoxy groups -OCH3 is 1. The molecule has 0 bridgehead atoms. The zero-order valence-electron chi connectivity index (χ0n) is 11.7. The maximum absolute atomic E-state index is 12.2. The lowest BCUT2D eigenvalue weighted by atomic mass is 9.89. The lowest BCUT2D eigenvalue weighted by Crippen LogP contribution is -2.88. The average Bonchev–Trinajstić information content (AvgIpc) is 3.01. The number of quaternary nitrogens is 1. The molecule has 1 aliphatic rings. The number of nitrogens with two attached hydrogens (primary N) is 1. The highest BCUT2D eigenvalue weighted by Crippen LogP contribution is 2.27. The zero-order valence-corrected chi connectivity index (χ0v) is 11.7. The van der Waals surface area contributed by atoms with E-state index in [2.05, 4.69) is 35.6 Å². The molecule has 0 aliphatic carbocycles. The first kappa shape index (κ1) is 13.1. The summed E-state index contributed by atoms with van der Waals surface area (Å²) in [4.78, 5) is 12.2. The van der Waals surface area contributed by atoms with Gasteiger partial charge in [-0.2, -0.15) is 0 Å². The van der Waals surface area contributed by atoms with Crippen LogP contribution < -0.4 is 5.32 Å². The van der Waals surface area contributed by atoms with Gasteiger partial charge in [-0.1, -0.05) is 42.5 Å². The molecule has 0 spiro atoms. The number of hydrogen-bond acceptors (Lipinski definition) is 2. The van der Waals surface area contributed by atoms with Crippen molar-refractivity contribution in [2.75, 3.05) is 13.7 Å². The van der Waals surface area contributed by atoms with Gasteiger partial charge in [0.05, 0.1) is 13.7 Å². The van der Waals surface area contributed by atoms with Crippen LogP contribution in [0.3, 0.4) is 0 Å². The third kappa shape index (κ3) is 2.41. The van der Waals surface area contributed by atoms with Crippen LogP contribution in [-0.4, -0.2) is 25.7 Å². The number of benzene rings is 2. The predicted octanol–water partition coefficient (Wildman–Crippen LogP) is 1.82. The number of fused-ring (bicyclic) bond motifs is 1. The lowest BCUT2D eigenvalue weighted by Gasteiger charge is -2.19. The number of hydrogen-bond donors (Lipinski definition) is 1. The monoisotopic (exact) mass is 270 g/mol. The summed E-state index contributed by atoms with van der Waals surface area (Å²) < 4.78 is 5.03. The number of carbonyl (C=O) groups is 1. The standard InChI is InChI=1S/C17H19NO2/c1-20-17(19)16(15-7-4-10-18-15)14-9-8-12-5-2-3-6-13(12)11-14/h2-3,5-6,8-9,11,15-16,18H,4,7,10H2,1H3/p+1/t15-,16+/m1/s1. The molecular formula is C17H20NO2+. The second-order valence-corrected chi connectivity index (χ2v) is 5.44. The molecule has 2 atom stereocenters. The van der Waals surface area contributed by atoms with Crippen molar-refractivity contribution < 1.29 is 14.8 Å². The topological polar surface area (TPSA) is 42.9 Å². The summed E-state index contributed by atoms with van der Waals surface area (Å²) >= 11 is 0. The second-order valence-electron chi connectivity index (χ2n) is 5.44. The van der Waals surface area contributed by atoms with E-state index in [1.807, 2.05) is 12.1 Å². The normalized spacial score (nSPS) is 19.9. The highest BCUT2D eigenvalue weighted by molar-refractivity contribution is 5.86. The third-order valence-electron chi connectivity index (χ3n) is 4.23. The second kappa shape index (κ2) is 5.63. The van der Waals surface area contributed by atoms with Gasteiger partial charge in [0.25, 0.3) is 0 Å². The molecule has 2 aromatic carbocycles. The minimum absolute atomic E-state index is 0.122. The van der Waals surface area contributed by atoms with Crippen molar-refractivity contribution >= 4 is 16.7 Å². The molecule has 0 amide bonds. The molecule has 0 aromatic heterocycles. The Kier molecular flexibility index (Phi) is 3.70. The SMILES string of the molecule is COC(=O)[C@@H](c1ccc2ccccc2c1)[C@H]1CCC[NH2+]1. The molecule has 1 heterocycles. The summed E-state index contributed by atoms with van der Waals surface area (Å²) in [6.45, 7) is 1.10. The zero-order chi connectivity index (χ0) is 13.9. The van der Waals surface area contributed by atoms with Crippen molar-refractivity contribution in [1.29, 1.82) is 0 Å². The summed E-state index contributed by atoms with van der Waals surface area (Å²) in [6.07, 6.45) is 2.25. The highest BCUT2D eigenvalue weighted by Gasteiger charge is 2.35. The highest BCUT2D eigenvalue weighted by atomic mass is 16.5. The lowest BCUT2D eigenvalue weighted by molar-refractivity contribution is -0.671. The van der Waals surface area contributed by atoms with Gasteiger partial charge in [0.1, 0.15) is 12.0 Å². The smallest absolute Gasteiger partial charge is 0.319 e. The summed E-state index contributed by atoms with van der Waals surface area (Å²) in [5, 5.41) is 4.66. The largest absolute Gasteiger partial charge is 0.468 e. The van der Waals surface area contributed by atoms with Gasteiger partial charge in [0, 0.05) is 12.8 Å². The van der Waals surface area contributed by atoms with Crippen molar-refractivity contribution in [3.63, 3.8) is 0 Å². The third-order valence-corrected chi connectivity index (χ3v) is 4.23. The molecule has 2 aromatic rings. The molecule has 1 fully saturated rings. The molecule has 2 N–H and O–H groups in total. The van der Waals surface area contributed by atoms with Crippen LogP contribution in [-0.2, 0) is 9.53 Å². The molecule has 1 saturated heterocycles. The fourth-order valence-corrected chi connectivity index (χ4v) is 3.19. The van der Waals surface area contributed by atoms with E-state index in [9.17, 15) is 4.79 Å². The van der Waals surface area contributed by atoms with E-state index in [-0.39, 0.29) is 11.9 Å². The van der Waals surface area contributed by atoms with E-state index in [0.29, 0.717) is 6.04 Å². The van der Waals surface area contributed by atoms with E-state index < -0.39 is 0 Å². The molecule has 20 heavy (non-hydrogen) atoms. The Bertz CT molecular complexity index is 617. The van der Waals surface area contributed by atoms with Crippen LogP contribution in [0.1, 0.15) is 24.3 Å². The Morgan fingerprint density at radius 2 is 2.05 bits per heavy atom. The molecule has 0 unspecified atom stereocenters. The minimum Gasteiger partial charge on any atom is -0.468 e. The Morgan fingerprint density at radius 3 is 2.75 bits per heavy atom. The number of rotatable bonds is 3. The summed E-state index contributed by atoms with van der Waals surface area (Å²) in [5.41, 5.74) is 1.07. The molecule has 3 nitrogen and oxygen atoms in total. The number of ether oxygens (including phenoxy) is 1. The van der Waals surface area contributed by atoms with Gasteiger partial charge in [-0.15, -0.1) is 0 Å². The summed E-state index contributed by atoms with van der Waals surface area (Å²) in [5.74, 6) is -0.282. The molecule has 3 rings (SSSR count). The summed E-state index contributed by atoms with van der Waals surface area (Å²) in [6, 6.07) is 14.8. The van der Waals surface area contributed by atoms with Gasteiger partial charge in [0.15, 0.2) is 0 Å². The van der Waals surface area contributed by atoms with Crippen molar-refractivity contribution in [3.8, 4) is 0 Å². The Hall–Kier alpha value is -1.87. The van der Waals surface area contributed by atoms with Crippen molar-refractivity contribution in [2.24, 2.45) is 0 Å². The van der Waals surface area contributed by atoms with Crippen LogP contribution >= 0.6 is 0 Å². The molecular weight excluding hydrogens is 250 g/mol. The van der Waals surface area contributed by atoms with E-state index in [1.165, 1.54) is 24.3 Å². The predicted molar refractivity (Wildman–Crippen MR) is 78.5 cm³/mol. The van der Waals surface area contributed by atoms with E-state index in [0.717, 1.165) is 18.5 Å². The van der Waals surface area contributed by atoms with Crippen molar-refractivity contribution in [2.45, 2.75) is 24.8 Å². The van der Waals surface area contributed by atoms with Crippen LogP contribution in [0, 0.1) is 0 Å². The summed E-state index contributed by atoms with van der Waals surface area (Å²) in [7, 11) is 1.48. The maximum Gasteiger partial charge on any atom is 0.319 e. The Labute approximate surface area is 118 Å². The van der Waals surface area contributed by atoms with Crippen LogP contribution in [0.15, 0.2) is 42.5 Å². The van der Waals surface area contributed by atoms with Crippen LogP contribution in [0.5, 0.6) is 0 Å². The minimum atomic E-state index is -0.160. The van der Waals surface area contributed by atoms with Crippen LogP contribution in [0.25, 0.3) is 10.8 Å². The fourth-order valence-electron chi connectivity index (χ4n) is 3.19. The van der Waals surface area contributed by atoms with E-state index in [1.54, 1.807) is 0 Å². The van der Waals surface area contributed by atoms with E-state index in [4.69, 9.17) is 4.74 Å². The fraction of sp³-hybridized carbons (Fsp3) is 0.353. The Balaban J connectivity index is 2.01. The van der Waals surface area contributed by atoms with Gasteiger partial charge in [-0.25, -0.2) is 0 Å². The number of carbonyl (C=O) groups excluding carboxylic acids is 1. The van der Waals surface area contributed by atoms with Gasteiger partial charge >= 0.3 is 5.97 Å². The quantitative estimate of drug-likeness (QED) is 0.865. The van der Waals surface area contributed by atoms with Crippen LogP contribution in [0.2, 0.25) is 0 Å². The molecule has 3 heteroatoms. The first-order valence-electron chi connectivity index (χ1n) is 7.19. The van der Waals surface area contributed by atoms with Gasteiger partial charge < -0.3 is 10.1 Å². The van der Waals surface area contributed by atoms with E-state index >= 15 is 0 Å². The number of esters is 1. The molecule has 0 saturated carbocycles. The Morgan fingerprint density at radius 1 is 1.25 bits per heavy atom. The molecule has 104 valence electrons.